The molecule has 2 atom stereocenters. The van der Waals surface area contributed by atoms with Crippen molar-refractivity contribution in [3.63, 3.8) is 0 Å². The maximum absolute atomic E-state index is 12.4. The summed E-state index contributed by atoms with van der Waals surface area (Å²) in [7, 11) is 0. The van der Waals surface area contributed by atoms with Crippen molar-refractivity contribution in [1.29, 1.82) is 0 Å². The summed E-state index contributed by atoms with van der Waals surface area (Å²) < 4.78 is 5.47. The smallest absolute Gasteiger partial charge is 0.305 e. The Balaban J connectivity index is 3.43. The second-order valence-corrected chi connectivity index (χ2v) is 19.6. The number of esters is 1. The molecule has 0 fully saturated rings. The molecule has 65 heavy (non-hydrogen) atoms. The lowest BCUT2D eigenvalue weighted by Gasteiger charge is -2.20. The largest absolute Gasteiger partial charge is 0.466 e. The van der Waals surface area contributed by atoms with Crippen LogP contribution in [0.5, 0.6) is 0 Å². The first-order chi connectivity index (χ1) is 32.0. The third-order valence-electron chi connectivity index (χ3n) is 13.1. The molecule has 3 N–H and O–H groups in total. The van der Waals surface area contributed by atoms with Crippen molar-refractivity contribution in [2.24, 2.45) is 0 Å². The number of ether oxygens (including phenoxy) is 1. The molecule has 2 unspecified atom stereocenters. The molecule has 0 aliphatic carbocycles. The fourth-order valence-corrected chi connectivity index (χ4v) is 8.68. The molecule has 0 bridgehead atoms. The van der Waals surface area contributed by atoms with E-state index < -0.39 is 12.1 Å². The van der Waals surface area contributed by atoms with Gasteiger partial charge in [-0.05, 0) is 83.5 Å². The molecule has 0 saturated carbocycles. The molecule has 382 valence electrons. The number of unbranched alkanes of at least 4 members (excludes halogenated alkanes) is 38. The Hall–Kier alpha value is -1.92. The quantitative estimate of drug-likeness (QED) is 0.0321. The molecular formula is C59H111NO5. The first-order valence-corrected chi connectivity index (χ1v) is 28.8. The number of aliphatic hydroxyl groups is 2. The highest BCUT2D eigenvalue weighted by atomic mass is 16.5. The van der Waals surface area contributed by atoms with E-state index in [9.17, 15) is 19.8 Å². The van der Waals surface area contributed by atoms with Crippen LogP contribution in [0.25, 0.3) is 0 Å². The van der Waals surface area contributed by atoms with Crippen LogP contribution in [0.15, 0.2) is 36.5 Å². The molecular weight excluding hydrogens is 803 g/mol. The molecule has 6 nitrogen and oxygen atoms in total. The number of hydrogen-bond donors (Lipinski definition) is 3. The van der Waals surface area contributed by atoms with E-state index in [0.29, 0.717) is 19.4 Å². The van der Waals surface area contributed by atoms with E-state index in [4.69, 9.17) is 4.74 Å². The number of allylic oxidation sites excluding steroid dienone is 5. The van der Waals surface area contributed by atoms with E-state index in [0.717, 1.165) is 51.4 Å². The lowest BCUT2D eigenvalue weighted by Crippen LogP contribution is -2.45. The summed E-state index contributed by atoms with van der Waals surface area (Å²) in [6, 6.07) is -0.632. The lowest BCUT2D eigenvalue weighted by atomic mass is 10.0. The highest BCUT2D eigenvalue weighted by Gasteiger charge is 2.18. The van der Waals surface area contributed by atoms with Crippen molar-refractivity contribution in [1.82, 2.24) is 5.32 Å². The van der Waals surface area contributed by atoms with Gasteiger partial charge in [-0.15, -0.1) is 0 Å². The summed E-state index contributed by atoms with van der Waals surface area (Å²) in [4.78, 5) is 24.4. The van der Waals surface area contributed by atoms with E-state index in [1.165, 1.54) is 225 Å². The number of nitrogens with one attached hydrogen (secondary N) is 1. The SMILES string of the molecule is CCCCCCC/C=C\CCCCCCCC(=O)OCCCCCCCCCCCCC/C=C\CCCCCCCCCC(=O)NC(CO)C(O)/C=C/CCCCCCCCCCCC. The van der Waals surface area contributed by atoms with Crippen molar-refractivity contribution in [3.8, 4) is 0 Å². The van der Waals surface area contributed by atoms with Gasteiger partial charge in [0.1, 0.15) is 0 Å². The van der Waals surface area contributed by atoms with Crippen molar-refractivity contribution in [2.45, 2.75) is 315 Å². The summed E-state index contributed by atoms with van der Waals surface area (Å²) in [6.07, 6.45) is 67.4. The van der Waals surface area contributed by atoms with Gasteiger partial charge < -0.3 is 20.3 Å². The van der Waals surface area contributed by atoms with Crippen LogP contribution in [0.3, 0.4) is 0 Å². The van der Waals surface area contributed by atoms with Gasteiger partial charge in [0.05, 0.1) is 25.4 Å². The van der Waals surface area contributed by atoms with E-state index in [1.54, 1.807) is 6.08 Å². The van der Waals surface area contributed by atoms with Gasteiger partial charge in [-0.25, -0.2) is 0 Å². The number of amides is 1. The Labute approximate surface area is 404 Å². The minimum Gasteiger partial charge on any atom is -0.466 e. The third kappa shape index (κ3) is 51.3. The maximum atomic E-state index is 12.4. The number of rotatable bonds is 53. The highest BCUT2D eigenvalue weighted by molar-refractivity contribution is 5.76. The zero-order valence-corrected chi connectivity index (χ0v) is 43.5. The Morgan fingerprint density at radius 2 is 0.723 bits per heavy atom. The van der Waals surface area contributed by atoms with Crippen molar-refractivity contribution >= 4 is 11.9 Å². The highest BCUT2D eigenvalue weighted by Crippen LogP contribution is 2.16. The van der Waals surface area contributed by atoms with Crippen molar-refractivity contribution in [3.05, 3.63) is 36.5 Å². The minimum atomic E-state index is -0.848. The minimum absolute atomic E-state index is 0.000435. The average Bonchev–Trinajstić information content (AvgIpc) is 3.31. The number of hydrogen-bond acceptors (Lipinski definition) is 5. The molecule has 0 aromatic heterocycles. The van der Waals surface area contributed by atoms with E-state index >= 15 is 0 Å². The second kappa shape index (κ2) is 54.7. The van der Waals surface area contributed by atoms with Crippen LogP contribution in [-0.4, -0.2) is 47.4 Å². The number of carbonyl (C=O) groups is 2. The molecule has 0 aromatic rings. The third-order valence-corrected chi connectivity index (χ3v) is 13.1. The Bertz CT molecular complexity index is 1060. The zero-order chi connectivity index (χ0) is 47.2. The summed E-state index contributed by atoms with van der Waals surface area (Å²) in [6.45, 7) is 4.88. The van der Waals surface area contributed by atoms with Gasteiger partial charge >= 0.3 is 5.97 Å². The molecule has 0 aromatic carbocycles. The fourth-order valence-electron chi connectivity index (χ4n) is 8.68. The van der Waals surface area contributed by atoms with Crippen LogP contribution < -0.4 is 5.32 Å². The molecule has 0 spiro atoms. The first kappa shape index (κ1) is 63.1. The fraction of sp³-hybridized carbons (Fsp3) is 0.864. The standard InChI is InChI=1S/C59H111NO5/c1-3-5-7-9-11-13-15-17-29-33-37-41-45-49-53-59(64)65-54-50-46-42-38-34-30-27-25-23-21-19-18-20-22-24-26-28-32-36-40-44-48-52-58(63)60-56(55-61)57(62)51-47-43-39-35-31-16-14-12-10-8-6-4-2/h15,17,20,22,47,51,56-57,61-62H,3-14,16,18-19,21,23-46,48-50,52-55H2,1-2H3,(H,60,63)/b17-15-,22-20-,51-47+. The van der Waals surface area contributed by atoms with Crippen LogP contribution in [0.1, 0.15) is 303 Å². The first-order valence-electron chi connectivity index (χ1n) is 28.8. The van der Waals surface area contributed by atoms with Crippen LogP contribution in [0.4, 0.5) is 0 Å². The molecule has 0 saturated heterocycles. The Kier molecular flexibility index (Phi) is 53.1. The average molecular weight is 915 g/mol. The van der Waals surface area contributed by atoms with Gasteiger partial charge in [0, 0.05) is 12.8 Å². The summed E-state index contributed by atoms with van der Waals surface area (Å²) >= 11 is 0. The van der Waals surface area contributed by atoms with Gasteiger partial charge in [-0.3, -0.25) is 9.59 Å². The normalized spacial score (nSPS) is 12.9. The van der Waals surface area contributed by atoms with Crippen molar-refractivity contribution in [2.75, 3.05) is 13.2 Å². The Morgan fingerprint density at radius 3 is 1.09 bits per heavy atom. The maximum Gasteiger partial charge on any atom is 0.305 e. The number of carbonyl (C=O) groups excluding carboxylic acids is 2. The van der Waals surface area contributed by atoms with Gasteiger partial charge in [-0.2, -0.15) is 0 Å². The van der Waals surface area contributed by atoms with Gasteiger partial charge in [-0.1, -0.05) is 243 Å². The van der Waals surface area contributed by atoms with E-state index in [2.05, 4.69) is 43.5 Å². The molecule has 0 heterocycles. The second-order valence-electron chi connectivity index (χ2n) is 19.6. The zero-order valence-electron chi connectivity index (χ0n) is 43.5. The van der Waals surface area contributed by atoms with Gasteiger partial charge in [0.2, 0.25) is 5.91 Å². The topological polar surface area (TPSA) is 95.9 Å². The van der Waals surface area contributed by atoms with Crippen LogP contribution in [0.2, 0.25) is 0 Å². The predicted octanol–water partition coefficient (Wildman–Crippen LogP) is 17.6. The molecule has 6 heteroatoms. The van der Waals surface area contributed by atoms with Crippen LogP contribution >= 0.6 is 0 Å². The monoisotopic (exact) mass is 914 g/mol. The molecule has 0 rings (SSSR count). The summed E-state index contributed by atoms with van der Waals surface area (Å²) in [5.41, 5.74) is 0. The number of aliphatic hydroxyl groups excluding tert-OH is 2. The van der Waals surface area contributed by atoms with Crippen molar-refractivity contribution < 1.29 is 24.5 Å². The Morgan fingerprint density at radius 1 is 0.415 bits per heavy atom. The molecule has 0 aliphatic rings. The van der Waals surface area contributed by atoms with Crippen LogP contribution in [0, 0.1) is 0 Å². The van der Waals surface area contributed by atoms with Gasteiger partial charge in [0.15, 0.2) is 0 Å². The summed E-state index contributed by atoms with van der Waals surface area (Å²) in [5, 5.41) is 23.0. The van der Waals surface area contributed by atoms with E-state index in [1.807, 2.05) is 6.08 Å². The van der Waals surface area contributed by atoms with Gasteiger partial charge in [0.25, 0.3) is 0 Å². The summed E-state index contributed by atoms with van der Waals surface area (Å²) in [5.74, 6) is -0.0755. The molecule has 1 amide bonds. The predicted molar refractivity (Wildman–Crippen MR) is 283 cm³/mol. The molecule has 0 aliphatic heterocycles. The molecule has 0 radical (unpaired) electrons. The van der Waals surface area contributed by atoms with E-state index in [-0.39, 0.29) is 18.5 Å². The lowest BCUT2D eigenvalue weighted by molar-refractivity contribution is -0.143. The van der Waals surface area contributed by atoms with Crippen LogP contribution in [-0.2, 0) is 14.3 Å².